The number of halogens is 1. The van der Waals surface area contributed by atoms with E-state index in [1.165, 1.54) is 0 Å². The van der Waals surface area contributed by atoms with Crippen LogP contribution in [0, 0.1) is 0 Å². The van der Waals surface area contributed by atoms with Crippen LogP contribution in [0.15, 0.2) is 58.0 Å². The molecule has 0 unspecified atom stereocenters. The summed E-state index contributed by atoms with van der Waals surface area (Å²) in [6.07, 6.45) is 12.2. The Balaban J connectivity index is 2.72. The van der Waals surface area contributed by atoms with Gasteiger partial charge < -0.3 is 14.8 Å². The molecule has 0 saturated heterocycles. The number of carbonyl (C=O) groups is 2. The summed E-state index contributed by atoms with van der Waals surface area (Å²) in [5.74, 6) is 0.381. The number of rotatable bonds is 9. The van der Waals surface area contributed by atoms with E-state index in [1.54, 1.807) is 31.4 Å². The molecule has 0 aromatic rings. The first-order chi connectivity index (χ1) is 11.6. The molecule has 0 bridgehead atoms. The number of allylic oxidation sites excluding steroid dienone is 7. The third-order valence-electron chi connectivity index (χ3n) is 3.00. The highest BCUT2D eigenvalue weighted by Gasteiger charge is 2.09. The largest absolute Gasteiger partial charge is 0.492 e. The number of ether oxygens (including phenoxy) is 2. The van der Waals surface area contributed by atoms with E-state index in [4.69, 9.17) is 9.47 Å². The highest BCUT2D eigenvalue weighted by Crippen LogP contribution is 2.19. The van der Waals surface area contributed by atoms with E-state index in [1.807, 2.05) is 19.1 Å². The molecule has 0 aromatic carbocycles. The Morgan fingerprint density at radius 2 is 2.21 bits per heavy atom. The van der Waals surface area contributed by atoms with Crippen LogP contribution >= 0.6 is 15.9 Å². The van der Waals surface area contributed by atoms with E-state index in [0.717, 1.165) is 10.8 Å². The van der Waals surface area contributed by atoms with Crippen LogP contribution in [0.1, 0.15) is 19.8 Å². The zero-order valence-corrected chi connectivity index (χ0v) is 15.5. The van der Waals surface area contributed by atoms with Crippen molar-refractivity contribution in [3.63, 3.8) is 0 Å². The molecule has 0 heterocycles. The van der Waals surface area contributed by atoms with Gasteiger partial charge in [-0.05, 0) is 42.1 Å². The third-order valence-corrected chi connectivity index (χ3v) is 3.55. The average Bonchev–Trinajstić information content (AvgIpc) is 2.74. The van der Waals surface area contributed by atoms with Gasteiger partial charge >= 0.3 is 0 Å². The van der Waals surface area contributed by atoms with Gasteiger partial charge in [0.05, 0.1) is 12.3 Å². The van der Waals surface area contributed by atoms with Crippen LogP contribution in [0.25, 0.3) is 0 Å². The Hall–Kier alpha value is -1.92. The van der Waals surface area contributed by atoms with Crippen LogP contribution in [-0.4, -0.2) is 32.5 Å². The average molecular weight is 396 g/mol. The lowest BCUT2D eigenvalue weighted by Gasteiger charge is -2.08. The first kappa shape index (κ1) is 20.1. The first-order valence-corrected chi connectivity index (χ1v) is 8.36. The molecule has 1 amide bonds. The minimum absolute atomic E-state index is 0.140. The van der Waals surface area contributed by atoms with Gasteiger partial charge in [0.2, 0.25) is 5.91 Å². The fourth-order valence-corrected chi connectivity index (χ4v) is 2.31. The minimum atomic E-state index is -0.224. The molecule has 0 aliphatic heterocycles. The number of nitrogens with one attached hydrogen (secondary N) is 1. The van der Waals surface area contributed by atoms with E-state index >= 15 is 0 Å². The van der Waals surface area contributed by atoms with Crippen molar-refractivity contribution in [2.75, 3.05) is 20.3 Å². The molecule has 1 aliphatic rings. The molecular weight excluding hydrogens is 374 g/mol. The van der Waals surface area contributed by atoms with Gasteiger partial charge in [-0.1, -0.05) is 28.1 Å². The van der Waals surface area contributed by atoms with E-state index < -0.39 is 0 Å². The zero-order valence-electron chi connectivity index (χ0n) is 13.9. The molecule has 0 atom stereocenters. The number of aldehydes is 1. The Bertz CT molecular complexity index is 600. The van der Waals surface area contributed by atoms with Gasteiger partial charge in [0.15, 0.2) is 6.29 Å². The summed E-state index contributed by atoms with van der Waals surface area (Å²) < 4.78 is 11.3. The van der Waals surface area contributed by atoms with Crippen LogP contribution in [0.5, 0.6) is 0 Å². The standard InChI is InChI=1S/C18H22BrNO4/c1-3-5-16(24-11-10-23-2)8-9-18(22)20-17-7-4-6-15(19)12-14(17)13-21/h3-5,7-8,12-13H,6,9-11H2,1-2H3,(H,20,22)/b5-3-,16-8+. The fourth-order valence-electron chi connectivity index (χ4n) is 1.88. The molecule has 0 fully saturated rings. The second-order valence-corrected chi connectivity index (χ2v) is 5.90. The predicted octanol–water partition coefficient (Wildman–Crippen LogP) is 3.31. The molecule has 5 nitrogen and oxygen atoms in total. The van der Waals surface area contributed by atoms with Crippen LogP contribution in [0.4, 0.5) is 0 Å². The van der Waals surface area contributed by atoms with Gasteiger partial charge in [-0.15, -0.1) is 0 Å². The second-order valence-electron chi connectivity index (χ2n) is 4.88. The Kier molecular flexibility index (Phi) is 9.72. The number of hydrogen-bond acceptors (Lipinski definition) is 4. The lowest BCUT2D eigenvalue weighted by molar-refractivity contribution is -0.119. The van der Waals surface area contributed by atoms with Crippen LogP contribution < -0.4 is 5.32 Å². The van der Waals surface area contributed by atoms with Crippen LogP contribution in [0.2, 0.25) is 0 Å². The molecule has 0 saturated carbocycles. The van der Waals surface area contributed by atoms with Crippen molar-refractivity contribution in [3.8, 4) is 0 Å². The number of amides is 1. The second kappa shape index (κ2) is 11.6. The maximum atomic E-state index is 12.1. The molecule has 24 heavy (non-hydrogen) atoms. The first-order valence-electron chi connectivity index (χ1n) is 7.57. The number of methoxy groups -OCH3 is 1. The summed E-state index contributed by atoms with van der Waals surface area (Å²) in [6, 6.07) is 0. The molecule has 1 rings (SSSR count). The predicted molar refractivity (Wildman–Crippen MR) is 97.3 cm³/mol. The summed E-state index contributed by atoms with van der Waals surface area (Å²) >= 11 is 3.37. The van der Waals surface area contributed by atoms with Crippen molar-refractivity contribution < 1.29 is 19.1 Å². The summed E-state index contributed by atoms with van der Waals surface area (Å²) in [5.41, 5.74) is 0.920. The van der Waals surface area contributed by atoms with E-state index in [-0.39, 0.29) is 12.3 Å². The number of carbonyl (C=O) groups excluding carboxylic acids is 2. The van der Waals surface area contributed by atoms with Crippen molar-refractivity contribution in [1.29, 1.82) is 0 Å². The summed E-state index contributed by atoms with van der Waals surface area (Å²) in [5, 5.41) is 2.75. The molecule has 0 radical (unpaired) electrons. The smallest absolute Gasteiger partial charge is 0.228 e. The van der Waals surface area contributed by atoms with Gasteiger partial charge in [-0.25, -0.2) is 0 Å². The quantitative estimate of drug-likeness (QED) is 0.281. The van der Waals surface area contributed by atoms with Gasteiger partial charge in [-0.2, -0.15) is 0 Å². The summed E-state index contributed by atoms with van der Waals surface area (Å²) in [6.45, 7) is 2.76. The molecular formula is C18H22BrNO4. The molecule has 6 heteroatoms. The Morgan fingerprint density at radius 1 is 1.42 bits per heavy atom. The Morgan fingerprint density at radius 3 is 2.88 bits per heavy atom. The topological polar surface area (TPSA) is 64.6 Å². The van der Waals surface area contributed by atoms with Crippen LogP contribution in [-0.2, 0) is 19.1 Å². The summed E-state index contributed by atoms with van der Waals surface area (Å²) in [4.78, 5) is 23.3. The molecule has 130 valence electrons. The monoisotopic (exact) mass is 395 g/mol. The maximum absolute atomic E-state index is 12.1. The van der Waals surface area contributed by atoms with Crippen LogP contribution in [0.3, 0.4) is 0 Å². The molecule has 0 aromatic heterocycles. The SMILES string of the molecule is C/C=C\C(=C/CC(=O)NC1=C(C=O)C=C(Br)CC=C1)OCCOC. The minimum Gasteiger partial charge on any atom is -0.492 e. The molecule has 0 spiro atoms. The van der Waals surface area contributed by atoms with Gasteiger partial charge in [-0.3, -0.25) is 9.59 Å². The van der Waals surface area contributed by atoms with Crippen molar-refractivity contribution in [1.82, 2.24) is 5.32 Å². The number of hydrogen-bond donors (Lipinski definition) is 1. The van der Waals surface area contributed by atoms with Crippen molar-refractivity contribution >= 4 is 28.1 Å². The van der Waals surface area contributed by atoms with E-state index in [0.29, 0.717) is 36.7 Å². The highest BCUT2D eigenvalue weighted by atomic mass is 79.9. The van der Waals surface area contributed by atoms with E-state index in [2.05, 4.69) is 21.2 Å². The van der Waals surface area contributed by atoms with Crippen molar-refractivity contribution in [3.05, 3.63) is 58.0 Å². The van der Waals surface area contributed by atoms with Gasteiger partial charge in [0.1, 0.15) is 12.4 Å². The maximum Gasteiger partial charge on any atom is 0.228 e. The molecule has 1 aliphatic carbocycles. The fraction of sp³-hybridized carbons (Fsp3) is 0.333. The van der Waals surface area contributed by atoms with Crippen molar-refractivity contribution in [2.24, 2.45) is 0 Å². The summed E-state index contributed by atoms with van der Waals surface area (Å²) in [7, 11) is 1.60. The van der Waals surface area contributed by atoms with Crippen molar-refractivity contribution in [2.45, 2.75) is 19.8 Å². The normalized spacial score (nSPS) is 15.3. The van der Waals surface area contributed by atoms with Gasteiger partial charge in [0.25, 0.3) is 0 Å². The zero-order chi connectivity index (χ0) is 17.8. The molecule has 1 N–H and O–H groups in total. The Labute approximate surface area is 150 Å². The third kappa shape index (κ3) is 7.57. The lowest BCUT2D eigenvalue weighted by Crippen LogP contribution is -2.22. The van der Waals surface area contributed by atoms with E-state index in [9.17, 15) is 9.59 Å². The lowest BCUT2D eigenvalue weighted by atomic mass is 10.2. The van der Waals surface area contributed by atoms with Gasteiger partial charge in [0, 0.05) is 19.1 Å². The highest BCUT2D eigenvalue weighted by molar-refractivity contribution is 9.11.